The summed E-state index contributed by atoms with van der Waals surface area (Å²) in [4.78, 5) is 22.2. The minimum atomic E-state index is -2.10. The number of benzene rings is 1. The van der Waals surface area contributed by atoms with E-state index in [-0.39, 0.29) is 5.95 Å². The summed E-state index contributed by atoms with van der Waals surface area (Å²) in [6.45, 7) is 3.61. The minimum absolute atomic E-state index is 0.176. The van der Waals surface area contributed by atoms with Crippen molar-refractivity contribution in [1.82, 2.24) is 9.97 Å². The molecule has 0 atom stereocenters. The van der Waals surface area contributed by atoms with E-state index in [1.807, 2.05) is 6.07 Å². The number of nitrogens with zero attached hydrogens (tertiary/aromatic N) is 3. The second kappa shape index (κ2) is 6.18. The van der Waals surface area contributed by atoms with Crippen LogP contribution in [0.4, 0.5) is 11.6 Å². The summed E-state index contributed by atoms with van der Waals surface area (Å²) in [7, 11) is 0. The topological polar surface area (TPSA) is 46.1 Å². The van der Waals surface area contributed by atoms with Crippen LogP contribution >= 0.6 is 34.8 Å². The van der Waals surface area contributed by atoms with Gasteiger partial charge in [-0.05, 0) is 32.0 Å². The maximum Gasteiger partial charge on any atom is 0.286 e. The van der Waals surface area contributed by atoms with Crippen LogP contribution in [0.3, 0.4) is 0 Å². The molecular weight excluding hydrogens is 333 g/mol. The molecule has 0 fully saturated rings. The molecule has 0 saturated carbocycles. The van der Waals surface area contributed by atoms with Crippen LogP contribution in [0, 0.1) is 13.8 Å². The highest BCUT2D eigenvalue weighted by Crippen LogP contribution is 2.34. The Hall–Kier alpha value is -1.36. The third-order valence-corrected chi connectivity index (χ3v) is 3.12. The Kier molecular flexibility index (Phi) is 4.71. The van der Waals surface area contributed by atoms with Crippen molar-refractivity contribution < 1.29 is 4.79 Å². The third kappa shape index (κ3) is 3.84. The van der Waals surface area contributed by atoms with Crippen LogP contribution in [0.5, 0.6) is 0 Å². The van der Waals surface area contributed by atoms with Gasteiger partial charge in [0.25, 0.3) is 9.70 Å². The first-order valence-corrected chi connectivity index (χ1v) is 7.21. The van der Waals surface area contributed by atoms with Gasteiger partial charge in [0.05, 0.1) is 5.69 Å². The van der Waals surface area contributed by atoms with Crippen LogP contribution in [0.2, 0.25) is 0 Å². The van der Waals surface area contributed by atoms with Crippen molar-refractivity contribution in [2.45, 2.75) is 17.6 Å². The summed E-state index contributed by atoms with van der Waals surface area (Å²) in [5.74, 6) is -0.557. The highest BCUT2D eigenvalue weighted by molar-refractivity contribution is 6.77. The van der Waals surface area contributed by atoms with Crippen molar-refractivity contribution in [3.63, 3.8) is 0 Å². The van der Waals surface area contributed by atoms with Gasteiger partial charge in [0.15, 0.2) is 0 Å². The number of carbonyl (C=O) groups is 1. The summed E-state index contributed by atoms with van der Waals surface area (Å²) < 4.78 is -2.10. The predicted octanol–water partition coefficient (Wildman–Crippen LogP) is 4.13. The second-order valence-corrected chi connectivity index (χ2v) is 6.71. The van der Waals surface area contributed by atoms with Crippen LogP contribution in [-0.4, -0.2) is 19.7 Å². The van der Waals surface area contributed by atoms with Crippen LogP contribution < -0.4 is 4.90 Å². The third-order valence-electron chi connectivity index (χ3n) is 2.63. The highest BCUT2D eigenvalue weighted by Gasteiger charge is 2.38. The largest absolute Gasteiger partial charge is 0.286 e. The zero-order valence-electron chi connectivity index (χ0n) is 11.3. The molecule has 0 bridgehead atoms. The molecular formula is C14H12Cl3N3O. The molecule has 0 unspecified atom stereocenters. The molecule has 0 aliphatic heterocycles. The molecule has 7 heteroatoms. The Labute approximate surface area is 137 Å². The number of aromatic nitrogens is 2. The van der Waals surface area contributed by atoms with E-state index in [1.54, 1.807) is 44.2 Å². The van der Waals surface area contributed by atoms with E-state index in [9.17, 15) is 4.79 Å². The molecule has 0 saturated heterocycles. The lowest BCUT2D eigenvalue weighted by atomic mass is 10.3. The van der Waals surface area contributed by atoms with Crippen molar-refractivity contribution in [3.05, 3.63) is 47.8 Å². The predicted molar refractivity (Wildman–Crippen MR) is 85.4 cm³/mol. The van der Waals surface area contributed by atoms with Gasteiger partial charge in [-0.15, -0.1) is 0 Å². The Morgan fingerprint density at radius 1 is 1.05 bits per heavy atom. The Balaban J connectivity index is 2.58. The molecule has 1 aromatic carbocycles. The number of amides is 1. The first-order valence-electron chi connectivity index (χ1n) is 6.07. The summed E-state index contributed by atoms with van der Waals surface area (Å²) >= 11 is 17.2. The Morgan fingerprint density at radius 2 is 1.57 bits per heavy atom. The van der Waals surface area contributed by atoms with Gasteiger partial charge in [-0.1, -0.05) is 53.0 Å². The molecule has 0 radical (unpaired) electrons. The lowest BCUT2D eigenvalue weighted by molar-refractivity contribution is -0.117. The molecule has 4 nitrogen and oxygen atoms in total. The van der Waals surface area contributed by atoms with Crippen LogP contribution in [-0.2, 0) is 4.79 Å². The number of aryl methyl sites for hydroxylation is 2. The molecule has 2 aromatic rings. The van der Waals surface area contributed by atoms with Gasteiger partial charge in [0.1, 0.15) is 0 Å². The number of para-hydroxylation sites is 1. The maximum absolute atomic E-state index is 12.4. The van der Waals surface area contributed by atoms with E-state index in [0.717, 1.165) is 11.4 Å². The molecule has 0 aliphatic rings. The van der Waals surface area contributed by atoms with E-state index in [1.165, 1.54) is 4.90 Å². The van der Waals surface area contributed by atoms with Gasteiger partial charge in [-0.3, -0.25) is 4.79 Å². The number of alkyl halides is 3. The highest BCUT2D eigenvalue weighted by atomic mass is 35.6. The molecule has 1 heterocycles. The van der Waals surface area contributed by atoms with E-state index in [0.29, 0.717) is 5.69 Å². The van der Waals surface area contributed by atoms with Crippen LogP contribution in [0.1, 0.15) is 11.4 Å². The summed E-state index contributed by atoms with van der Waals surface area (Å²) in [6.07, 6.45) is 0. The van der Waals surface area contributed by atoms with Gasteiger partial charge in [0, 0.05) is 11.4 Å². The second-order valence-electron chi connectivity index (χ2n) is 4.42. The van der Waals surface area contributed by atoms with Crippen LogP contribution in [0.15, 0.2) is 36.4 Å². The number of anilines is 2. The monoisotopic (exact) mass is 343 g/mol. The minimum Gasteiger partial charge on any atom is -0.269 e. The molecule has 1 aromatic heterocycles. The van der Waals surface area contributed by atoms with Crippen molar-refractivity contribution in [3.8, 4) is 0 Å². The van der Waals surface area contributed by atoms with E-state index < -0.39 is 9.70 Å². The van der Waals surface area contributed by atoms with Crippen molar-refractivity contribution in [2.75, 3.05) is 4.90 Å². The fourth-order valence-corrected chi connectivity index (χ4v) is 2.09. The van der Waals surface area contributed by atoms with Gasteiger partial charge in [-0.25, -0.2) is 14.9 Å². The summed E-state index contributed by atoms with van der Waals surface area (Å²) in [5.41, 5.74) is 1.96. The summed E-state index contributed by atoms with van der Waals surface area (Å²) in [6, 6.07) is 10.6. The van der Waals surface area contributed by atoms with Crippen LogP contribution in [0.25, 0.3) is 0 Å². The molecule has 21 heavy (non-hydrogen) atoms. The summed E-state index contributed by atoms with van der Waals surface area (Å²) in [5, 5.41) is 0. The van der Waals surface area contributed by atoms with Crippen molar-refractivity contribution >= 4 is 52.3 Å². The number of rotatable bonds is 2. The normalized spacial score (nSPS) is 11.3. The Morgan fingerprint density at radius 3 is 2.05 bits per heavy atom. The van der Waals surface area contributed by atoms with Crippen molar-refractivity contribution in [1.29, 1.82) is 0 Å². The zero-order valence-corrected chi connectivity index (χ0v) is 13.6. The number of halogens is 3. The van der Waals surface area contributed by atoms with Gasteiger partial charge < -0.3 is 0 Å². The fourth-order valence-electron chi connectivity index (χ4n) is 1.83. The van der Waals surface area contributed by atoms with E-state index >= 15 is 0 Å². The molecule has 2 rings (SSSR count). The number of hydrogen-bond acceptors (Lipinski definition) is 3. The van der Waals surface area contributed by atoms with Gasteiger partial charge in [-0.2, -0.15) is 0 Å². The SMILES string of the molecule is Cc1cc(C)nc(N(C(=O)C(Cl)(Cl)Cl)c2ccccc2)n1. The first-order chi connectivity index (χ1) is 9.79. The quantitative estimate of drug-likeness (QED) is 0.770. The molecule has 0 N–H and O–H groups in total. The average Bonchev–Trinajstić information content (AvgIpc) is 2.38. The standard InChI is InChI=1S/C14H12Cl3N3O/c1-9-8-10(2)19-13(18-9)20(12(21)14(15,16)17)11-6-4-3-5-7-11/h3-8H,1-2H3. The fraction of sp³-hybridized carbons (Fsp3) is 0.214. The van der Waals surface area contributed by atoms with Gasteiger partial charge >= 0.3 is 0 Å². The first kappa shape index (κ1) is 16.0. The van der Waals surface area contributed by atoms with Crippen molar-refractivity contribution in [2.24, 2.45) is 0 Å². The van der Waals surface area contributed by atoms with E-state index in [4.69, 9.17) is 34.8 Å². The Bertz CT molecular complexity index is 636. The molecule has 0 aliphatic carbocycles. The van der Waals surface area contributed by atoms with E-state index in [2.05, 4.69) is 9.97 Å². The number of hydrogen-bond donors (Lipinski definition) is 0. The smallest absolute Gasteiger partial charge is 0.269 e. The maximum atomic E-state index is 12.4. The lowest BCUT2D eigenvalue weighted by Gasteiger charge is -2.24. The lowest BCUT2D eigenvalue weighted by Crippen LogP contribution is -2.37. The molecule has 0 spiro atoms. The molecule has 1 amide bonds. The zero-order chi connectivity index (χ0) is 15.6. The number of carbonyl (C=O) groups excluding carboxylic acids is 1. The van der Waals surface area contributed by atoms with Gasteiger partial charge in [0.2, 0.25) is 5.95 Å². The molecule has 110 valence electrons. The average molecular weight is 345 g/mol.